The largest absolute Gasteiger partial charge is 0.483 e. The second-order valence-corrected chi connectivity index (χ2v) is 7.22. The van der Waals surface area contributed by atoms with Gasteiger partial charge >= 0.3 is 0 Å². The number of H-pyrrole nitrogens is 1. The first-order chi connectivity index (χ1) is 14.0. The zero-order chi connectivity index (χ0) is 20.4. The zero-order valence-corrected chi connectivity index (χ0v) is 16.7. The number of nitrogens with zero attached hydrogens (tertiary/aromatic N) is 1. The molecule has 4 rings (SSSR count). The van der Waals surface area contributed by atoms with E-state index in [2.05, 4.69) is 28.3 Å². The van der Waals surface area contributed by atoms with Gasteiger partial charge in [0.05, 0.1) is 11.0 Å². The highest BCUT2D eigenvalue weighted by Crippen LogP contribution is 2.23. The number of nitrogens with one attached hydrogen (secondary N) is 2. The van der Waals surface area contributed by atoms with Gasteiger partial charge in [-0.15, -0.1) is 0 Å². The molecule has 0 bridgehead atoms. The van der Waals surface area contributed by atoms with E-state index < -0.39 is 0 Å². The molecular formula is C24H23N3O2. The number of carbonyl (C=O) groups is 1. The number of benzene rings is 3. The minimum absolute atomic E-state index is 0.0331. The standard InChI is InChI=1S/C24H23N3O2/c1-15-12-17(3)22(13-16(15)2)29-14-23(28)25-19-10-8-18(9-11-19)24-26-20-6-4-5-7-21(20)27-24/h4-13H,14H2,1-3H3,(H,25,28)(H,26,27). The average Bonchev–Trinajstić information content (AvgIpc) is 3.14. The monoisotopic (exact) mass is 385 g/mol. The van der Waals surface area contributed by atoms with Crippen molar-refractivity contribution in [2.45, 2.75) is 20.8 Å². The van der Waals surface area contributed by atoms with Crippen molar-refractivity contribution in [2.24, 2.45) is 0 Å². The first-order valence-corrected chi connectivity index (χ1v) is 9.55. The van der Waals surface area contributed by atoms with Crippen molar-refractivity contribution in [3.8, 4) is 17.1 Å². The van der Waals surface area contributed by atoms with Gasteiger partial charge in [-0.3, -0.25) is 4.79 Å². The Morgan fingerprint density at radius 3 is 2.45 bits per heavy atom. The van der Waals surface area contributed by atoms with Crippen LogP contribution in [0.1, 0.15) is 16.7 Å². The van der Waals surface area contributed by atoms with Gasteiger partial charge in [0.25, 0.3) is 5.91 Å². The number of carbonyl (C=O) groups excluding carboxylic acids is 1. The van der Waals surface area contributed by atoms with Gasteiger partial charge in [0.2, 0.25) is 0 Å². The molecular weight excluding hydrogens is 362 g/mol. The van der Waals surface area contributed by atoms with Crippen molar-refractivity contribution in [2.75, 3.05) is 11.9 Å². The lowest BCUT2D eigenvalue weighted by atomic mass is 10.1. The van der Waals surface area contributed by atoms with Gasteiger partial charge in [-0.2, -0.15) is 0 Å². The van der Waals surface area contributed by atoms with E-state index in [4.69, 9.17) is 4.74 Å². The third-order valence-corrected chi connectivity index (χ3v) is 4.98. The molecule has 0 unspecified atom stereocenters. The highest BCUT2D eigenvalue weighted by molar-refractivity contribution is 5.92. The molecule has 0 radical (unpaired) electrons. The number of aromatic nitrogens is 2. The number of anilines is 1. The molecule has 5 nitrogen and oxygen atoms in total. The van der Waals surface area contributed by atoms with E-state index in [1.807, 2.05) is 68.4 Å². The molecule has 29 heavy (non-hydrogen) atoms. The number of aryl methyl sites for hydroxylation is 3. The van der Waals surface area contributed by atoms with E-state index in [0.717, 1.165) is 45.0 Å². The van der Waals surface area contributed by atoms with Gasteiger partial charge in [0, 0.05) is 11.3 Å². The topological polar surface area (TPSA) is 67.0 Å². The van der Waals surface area contributed by atoms with Gasteiger partial charge in [-0.25, -0.2) is 4.98 Å². The van der Waals surface area contributed by atoms with Crippen LogP contribution in [0.3, 0.4) is 0 Å². The summed E-state index contributed by atoms with van der Waals surface area (Å²) in [7, 11) is 0. The molecule has 0 aliphatic heterocycles. The molecule has 0 atom stereocenters. The fourth-order valence-electron chi connectivity index (χ4n) is 3.23. The van der Waals surface area contributed by atoms with Crippen LogP contribution >= 0.6 is 0 Å². The van der Waals surface area contributed by atoms with Crippen LogP contribution in [0.15, 0.2) is 60.7 Å². The molecule has 2 N–H and O–H groups in total. The first-order valence-electron chi connectivity index (χ1n) is 9.55. The summed E-state index contributed by atoms with van der Waals surface area (Å²) in [4.78, 5) is 20.2. The summed E-state index contributed by atoms with van der Waals surface area (Å²) in [6.07, 6.45) is 0. The Bertz CT molecular complexity index is 1140. The van der Waals surface area contributed by atoms with Gasteiger partial charge in [0.1, 0.15) is 11.6 Å². The number of hydrogen-bond donors (Lipinski definition) is 2. The van der Waals surface area contributed by atoms with Crippen LogP contribution in [0.5, 0.6) is 5.75 Å². The number of hydrogen-bond acceptors (Lipinski definition) is 3. The summed E-state index contributed by atoms with van der Waals surface area (Å²) >= 11 is 0. The zero-order valence-electron chi connectivity index (χ0n) is 16.7. The van der Waals surface area contributed by atoms with Crippen molar-refractivity contribution < 1.29 is 9.53 Å². The third kappa shape index (κ3) is 4.14. The number of aromatic amines is 1. The maximum atomic E-state index is 12.3. The maximum Gasteiger partial charge on any atom is 0.262 e. The molecule has 0 fully saturated rings. The highest BCUT2D eigenvalue weighted by Gasteiger charge is 2.09. The van der Waals surface area contributed by atoms with Crippen LogP contribution in [0.2, 0.25) is 0 Å². The number of imidazole rings is 1. The van der Waals surface area contributed by atoms with Crippen molar-refractivity contribution in [3.05, 3.63) is 77.4 Å². The van der Waals surface area contributed by atoms with Crippen molar-refractivity contribution in [3.63, 3.8) is 0 Å². The fourth-order valence-corrected chi connectivity index (χ4v) is 3.23. The Kier molecular flexibility index (Phi) is 5.04. The Hall–Kier alpha value is -3.60. The van der Waals surface area contributed by atoms with Gasteiger partial charge < -0.3 is 15.0 Å². The Labute approximate surface area is 169 Å². The molecule has 146 valence electrons. The van der Waals surface area contributed by atoms with E-state index in [1.165, 1.54) is 5.56 Å². The smallest absolute Gasteiger partial charge is 0.262 e. The Balaban J connectivity index is 1.39. The summed E-state index contributed by atoms with van der Waals surface area (Å²) in [5.41, 5.74) is 6.99. The normalized spacial score (nSPS) is 10.9. The van der Waals surface area contributed by atoms with Crippen LogP contribution in [-0.4, -0.2) is 22.5 Å². The van der Waals surface area contributed by atoms with Gasteiger partial charge in [0.15, 0.2) is 6.61 Å². The van der Waals surface area contributed by atoms with Crippen LogP contribution < -0.4 is 10.1 Å². The predicted octanol–water partition coefficient (Wildman–Crippen LogP) is 5.17. The summed E-state index contributed by atoms with van der Waals surface area (Å²) in [6, 6.07) is 19.5. The molecule has 1 heterocycles. The molecule has 0 saturated carbocycles. The molecule has 4 aromatic rings. The summed E-state index contributed by atoms with van der Waals surface area (Å²) in [6.45, 7) is 6.05. The number of amides is 1. The fraction of sp³-hybridized carbons (Fsp3) is 0.167. The quantitative estimate of drug-likeness (QED) is 0.498. The average molecular weight is 385 g/mol. The van der Waals surface area contributed by atoms with Crippen molar-refractivity contribution in [1.29, 1.82) is 0 Å². The molecule has 0 aliphatic rings. The van der Waals surface area contributed by atoms with E-state index in [9.17, 15) is 4.79 Å². The lowest BCUT2D eigenvalue weighted by Crippen LogP contribution is -2.20. The minimum Gasteiger partial charge on any atom is -0.483 e. The van der Waals surface area contributed by atoms with E-state index in [0.29, 0.717) is 0 Å². The number of ether oxygens (including phenoxy) is 1. The lowest BCUT2D eigenvalue weighted by molar-refractivity contribution is -0.118. The molecule has 1 aromatic heterocycles. The highest BCUT2D eigenvalue weighted by atomic mass is 16.5. The van der Waals surface area contributed by atoms with E-state index >= 15 is 0 Å². The Morgan fingerprint density at radius 2 is 1.69 bits per heavy atom. The first kappa shape index (κ1) is 18.7. The SMILES string of the molecule is Cc1cc(C)c(OCC(=O)Nc2ccc(-c3nc4ccccc4[nH]3)cc2)cc1C. The molecule has 0 saturated heterocycles. The summed E-state index contributed by atoms with van der Waals surface area (Å²) < 4.78 is 5.71. The second kappa shape index (κ2) is 7.80. The molecule has 1 amide bonds. The summed E-state index contributed by atoms with van der Waals surface area (Å²) in [5, 5.41) is 2.87. The maximum absolute atomic E-state index is 12.3. The molecule has 0 aliphatic carbocycles. The molecule has 0 spiro atoms. The molecule has 3 aromatic carbocycles. The van der Waals surface area contributed by atoms with Crippen LogP contribution in [0.4, 0.5) is 5.69 Å². The predicted molar refractivity (Wildman–Crippen MR) is 116 cm³/mol. The number of fused-ring (bicyclic) bond motifs is 1. The van der Waals surface area contributed by atoms with Gasteiger partial charge in [-0.05, 0) is 79.9 Å². The van der Waals surface area contributed by atoms with Crippen molar-refractivity contribution >= 4 is 22.6 Å². The van der Waals surface area contributed by atoms with E-state index in [1.54, 1.807) is 0 Å². The van der Waals surface area contributed by atoms with Crippen LogP contribution in [0.25, 0.3) is 22.4 Å². The second-order valence-electron chi connectivity index (χ2n) is 7.22. The number of rotatable bonds is 5. The lowest BCUT2D eigenvalue weighted by Gasteiger charge is -2.12. The Morgan fingerprint density at radius 1 is 0.966 bits per heavy atom. The van der Waals surface area contributed by atoms with Gasteiger partial charge in [-0.1, -0.05) is 18.2 Å². The van der Waals surface area contributed by atoms with Crippen LogP contribution in [0, 0.1) is 20.8 Å². The van der Waals surface area contributed by atoms with E-state index in [-0.39, 0.29) is 12.5 Å². The van der Waals surface area contributed by atoms with Crippen molar-refractivity contribution in [1.82, 2.24) is 9.97 Å². The summed E-state index contributed by atoms with van der Waals surface area (Å²) in [5.74, 6) is 1.35. The minimum atomic E-state index is -0.195. The number of para-hydroxylation sites is 2. The molecule has 5 heteroatoms. The third-order valence-electron chi connectivity index (χ3n) is 4.98. The van der Waals surface area contributed by atoms with Crippen LogP contribution in [-0.2, 0) is 4.79 Å².